The minimum atomic E-state index is -0.471. The summed E-state index contributed by atoms with van der Waals surface area (Å²) in [5, 5.41) is 12.6. The molecule has 0 spiro atoms. The first-order chi connectivity index (χ1) is 13.4. The number of aromatic nitrogens is 2. The van der Waals surface area contributed by atoms with Crippen LogP contribution in [0.4, 0.5) is 25.5 Å². The van der Waals surface area contributed by atoms with Crippen molar-refractivity contribution >= 4 is 23.6 Å². The Kier molecular flexibility index (Phi) is 6.13. The number of carbonyl (C=O) groups is 2. The second-order valence-corrected chi connectivity index (χ2v) is 7.07. The van der Waals surface area contributed by atoms with E-state index < -0.39 is 11.8 Å². The number of halogens is 1. The van der Waals surface area contributed by atoms with Crippen molar-refractivity contribution in [1.29, 1.82) is 0 Å². The molecule has 0 radical (unpaired) electrons. The zero-order valence-corrected chi connectivity index (χ0v) is 16.0. The van der Waals surface area contributed by atoms with Gasteiger partial charge in [0, 0.05) is 30.9 Å². The molecule has 3 N–H and O–H groups in total. The molecule has 1 aromatic heterocycles. The summed E-state index contributed by atoms with van der Waals surface area (Å²) < 4.78 is 15.0. The van der Waals surface area contributed by atoms with Gasteiger partial charge < -0.3 is 15.5 Å². The standard InChI is InChI=1S/C19H25FN6O2/c1-13(2)22-19(28)25-10-7-16(8-11-25)26-17(6-9-21-26)24-18(27)23-15-5-3-4-14(20)12-15/h3-6,9,12-13,16H,7-8,10-11H2,1-2H3,(H,22,28)(H2,23,24,27). The predicted octanol–water partition coefficient (Wildman–Crippen LogP) is 3.42. The summed E-state index contributed by atoms with van der Waals surface area (Å²) in [6, 6.07) is 7.06. The smallest absolute Gasteiger partial charge is 0.324 e. The van der Waals surface area contributed by atoms with Gasteiger partial charge in [0.2, 0.25) is 0 Å². The molecule has 150 valence electrons. The number of piperidine rings is 1. The van der Waals surface area contributed by atoms with E-state index in [0.29, 0.717) is 24.6 Å². The fourth-order valence-corrected chi connectivity index (χ4v) is 3.20. The van der Waals surface area contributed by atoms with Crippen LogP contribution in [-0.2, 0) is 0 Å². The number of urea groups is 2. The minimum Gasteiger partial charge on any atom is -0.336 e. The third-order valence-corrected chi connectivity index (χ3v) is 4.50. The maximum absolute atomic E-state index is 13.2. The molecule has 8 nitrogen and oxygen atoms in total. The Labute approximate surface area is 163 Å². The van der Waals surface area contributed by atoms with Crippen LogP contribution < -0.4 is 16.0 Å². The van der Waals surface area contributed by atoms with Crippen molar-refractivity contribution in [2.24, 2.45) is 0 Å². The summed E-state index contributed by atoms with van der Waals surface area (Å²) in [5.74, 6) is 0.134. The van der Waals surface area contributed by atoms with E-state index in [0.717, 1.165) is 12.8 Å². The SMILES string of the molecule is CC(C)NC(=O)N1CCC(n2nccc2NC(=O)Nc2cccc(F)c2)CC1. The van der Waals surface area contributed by atoms with Crippen LogP contribution >= 0.6 is 0 Å². The average molecular weight is 388 g/mol. The third-order valence-electron chi connectivity index (χ3n) is 4.50. The van der Waals surface area contributed by atoms with Crippen molar-refractivity contribution in [3.63, 3.8) is 0 Å². The summed E-state index contributed by atoms with van der Waals surface area (Å²) in [6.07, 6.45) is 3.11. The summed E-state index contributed by atoms with van der Waals surface area (Å²) in [7, 11) is 0. The van der Waals surface area contributed by atoms with E-state index in [2.05, 4.69) is 21.0 Å². The van der Waals surface area contributed by atoms with Crippen molar-refractivity contribution in [3.05, 3.63) is 42.3 Å². The number of amides is 4. The summed E-state index contributed by atoms with van der Waals surface area (Å²) in [4.78, 5) is 26.1. The number of hydrogen-bond acceptors (Lipinski definition) is 3. The topological polar surface area (TPSA) is 91.3 Å². The number of carbonyl (C=O) groups excluding carboxylic acids is 2. The van der Waals surface area contributed by atoms with Crippen LogP contribution in [0.1, 0.15) is 32.7 Å². The first-order valence-electron chi connectivity index (χ1n) is 9.35. The van der Waals surface area contributed by atoms with Gasteiger partial charge in [-0.05, 0) is 44.9 Å². The van der Waals surface area contributed by atoms with Gasteiger partial charge in [-0.15, -0.1) is 0 Å². The molecule has 1 aliphatic heterocycles. The van der Waals surface area contributed by atoms with E-state index in [1.165, 1.54) is 18.2 Å². The molecule has 1 aliphatic rings. The Hall–Kier alpha value is -3.10. The van der Waals surface area contributed by atoms with Gasteiger partial charge >= 0.3 is 12.1 Å². The molecule has 2 aromatic rings. The molecule has 4 amide bonds. The zero-order chi connectivity index (χ0) is 20.1. The zero-order valence-electron chi connectivity index (χ0n) is 16.0. The van der Waals surface area contributed by atoms with Crippen LogP contribution in [0.2, 0.25) is 0 Å². The fourth-order valence-electron chi connectivity index (χ4n) is 3.20. The molecule has 0 atom stereocenters. The van der Waals surface area contributed by atoms with Crippen LogP contribution in [0, 0.1) is 5.82 Å². The molecule has 0 bridgehead atoms. The molecule has 0 aliphatic carbocycles. The summed E-state index contributed by atoms with van der Waals surface area (Å²) in [6.45, 7) is 5.11. The van der Waals surface area contributed by atoms with Crippen LogP contribution in [0.3, 0.4) is 0 Å². The summed E-state index contributed by atoms with van der Waals surface area (Å²) in [5.41, 5.74) is 0.369. The van der Waals surface area contributed by atoms with E-state index in [4.69, 9.17) is 0 Å². The van der Waals surface area contributed by atoms with E-state index in [1.54, 1.807) is 27.9 Å². The van der Waals surface area contributed by atoms with E-state index >= 15 is 0 Å². The van der Waals surface area contributed by atoms with Gasteiger partial charge in [0.25, 0.3) is 0 Å². The molecule has 2 heterocycles. The second-order valence-electron chi connectivity index (χ2n) is 7.07. The molecule has 0 unspecified atom stereocenters. The van der Waals surface area contributed by atoms with Crippen molar-refractivity contribution in [1.82, 2.24) is 20.0 Å². The number of hydrogen-bond donors (Lipinski definition) is 3. The van der Waals surface area contributed by atoms with Gasteiger partial charge in [0.1, 0.15) is 11.6 Å². The molecule has 28 heavy (non-hydrogen) atoms. The molecule has 1 fully saturated rings. The maximum atomic E-state index is 13.2. The van der Waals surface area contributed by atoms with E-state index in [1.807, 2.05) is 13.8 Å². The highest BCUT2D eigenvalue weighted by atomic mass is 19.1. The Morgan fingerprint density at radius 2 is 1.93 bits per heavy atom. The Morgan fingerprint density at radius 3 is 2.61 bits per heavy atom. The van der Waals surface area contributed by atoms with Gasteiger partial charge in [0.05, 0.1) is 12.2 Å². The van der Waals surface area contributed by atoms with Gasteiger partial charge in [-0.1, -0.05) is 6.07 Å². The number of benzene rings is 1. The lowest BCUT2D eigenvalue weighted by Crippen LogP contribution is -2.46. The molecule has 1 saturated heterocycles. The lowest BCUT2D eigenvalue weighted by atomic mass is 10.1. The van der Waals surface area contributed by atoms with Crippen molar-refractivity contribution in [2.75, 3.05) is 23.7 Å². The Balaban J connectivity index is 1.57. The Bertz CT molecular complexity index is 829. The van der Waals surface area contributed by atoms with Crippen molar-refractivity contribution in [2.45, 2.75) is 38.8 Å². The van der Waals surface area contributed by atoms with Crippen LogP contribution in [0.25, 0.3) is 0 Å². The van der Waals surface area contributed by atoms with E-state index in [-0.39, 0.29) is 18.1 Å². The molecular weight excluding hydrogens is 363 g/mol. The molecule has 3 rings (SSSR count). The number of likely N-dealkylation sites (tertiary alicyclic amines) is 1. The van der Waals surface area contributed by atoms with Gasteiger partial charge in [0.15, 0.2) is 0 Å². The lowest BCUT2D eigenvalue weighted by Gasteiger charge is -2.33. The third kappa shape index (κ3) is 4.99. The first-order valence-corrected chi connectivity index (χ1v) is 9.35. The molecular formula is C19H25FN6O2. The fraction of sp³-hybridized carbons (Fsp3) is 0.421. The minimum absolute atomic E-state index is 0.0539. The van der Waals surface area contributed by atoms with Crippen LogP contribution in [0.5, 0.6) is 0 Å². The number of nitrogens with zero attached hydrogens (tertiary/aromatic N) is 3. The number of nitrogens with one attached hydrogen (secondary N) is 3. The highest BCUT2D eigenvalue weighted by molar-refractivity contribution is 5.99. The van der Waals surface area contributed by atoms with Crippen molar-refractivity contribution in [3.8, 4) is 0 Å². The quantitative estimate of drug-likeness (QED) is 0.749. The van der Waals surface area contributed by atoms with Crippen LogP contribution in [0.15, 0.2) is 36.5 Å². The monoisotopic (exact) mass is 388 g/mol. The van der Waals surface area contributed by atoms with Crippen LogP contribution in [-0.4, -0.2) is 45.9 Å². The molecule has 0 saturated carbocycles. The highest BCUT2D eigenvalue weighted by Crippen LogP contribution is 2.25. The average Bonchev–Trinajstić information content (AvgIpc) is 3.09. The normalized spacial score (nSPS) is 14.8. The second kappa shape index (κ2) is 8.73. The number of anilines is 2. The molecule has 9 heteroatoms. The van der Waals surface area contributed by atoms with Crippen molar-refractivity contribution < 1.29 is 14.0 Å². The van der Waals surface area contributed by atoms with Gasteiger partial charge in [-0.2, -0.15) is 5.10 Å². The Morgan fingerprint density at radius 1 is 1.18 bits per heavy atom. The largest absolute Gasteiger partial charge is 0.336 e. The first kappa shape index (κ1) is 19.7. The van der Waals surface area contributed by atoms with E-state index in [9.17, 15) is 14.0 Å². The molecule has 1 aromatic carbocycles. The number of rotatable bonds is 4. The predicted molar refractivity (Wildman–Crippen MR) is 105 cm³/mol. The van der Waals surface area contributed by atoms with Gasteiger partial charge in [-0.3, -0.25) is 5.32 Å². The maximum Gasteiger partial charge on any atom is 0.324 e. The van der Waals surface area contributed by atoms with Gasteiger partial charge in [-0.25, -0.2) is 18.7 Å². The highest BCUT2D eigenvalue weighted by Gasteiger charge is 2.26. The lowest BCUT2D eigenvalue weighted by molar-refractivity contribution is 0.167. The summed E-state index contributed by atoms with van der Waals surface area (Å²) >= 11 is 0.